The molecular weight excluding hydrogens is 338 g/mol. The number of benzene rings is 2. The fraction of sp³-hybridized carbons (Fsp3) is 0.364. The first kappa shape index (κ1) is 19.1. The summed E-state index contributed by atoms with van der Waals surface area (Å²) in [5.41, 5.74) is 4.18. The highest BCUT2D eigenvalue weighted by atomic mass is 16.2. The Kier molecular flexibility index (Phi) is 6.24. The maximum atomic E-state index is 12.6. The summed E-state index contributed by atoms with van der Waals surface area (Å²) >= 11 is 0. The van der Waals surface area contributed by atoms with Crippen LogP contribution in [0, 0.1) is 12.8 Å². The number of amides is 2. The molecule has 0 aromatic heterocycles. The summed E-state index contributed by atoms with van der Waals surface area (Å²) in [6, 6.07) is 16.0. The van der Waals surface area contributed by atoms with Crippen LogP contribution in [0.15, 0.2) is 48.5 Å². The predicted molar refractivity (Wildman–Crippen MR) is 107 cm³/mol. The van der Waals surface area contributed by atoms with Crippen molar-refractivity contribution < 1.29 is 9.59 Å². The largest absolute Gasteiger partial charge is 0.338 e. The minimum Gasteiger partial charge on any atom is -0.338 e. The normalized spacial score (nSPS) is 16.6. The maximum Gasteiger partial charge on any atom is 0.229 e. The second kappa shape index (κ2) is 8.82. The number of nitrogens with zero attached hydrogens (tertiary/aromatic N) is 1. The number of hydrogen-bond acceptors (Lipinski definition) is 3. The minimum atomic E-state index is -0.305. The molecule has 1 saturated heterocycles. The van der Waals surface area contributed by atoms with Crippen molar-refractivity contribution >= 4 is 17.5 Å². The van der Waals surface area contributed by atoms with E-state index in [4.69, 9.17) is 0 Å². The summed E-state index contributed by atoms with van der Waals surface area (Å²) in [7, 11) is 0. The average Bonchev–Trinajstić information content (AvgIpc) is 3.03. The van der Waals surface area contributed by atoms with Gasteiger partial charge in [-0.05, 0) is 36.7 Å². The number of hydrogen-bond donors (Lipinski definition) is 2. The Morgan fingerprint density at radius 1 is 1.15 bits per heavy atom. The third kappa shape index (κ3) is 5.17. The lowest BCUT2D eigenvalue weighted by molar-refractivity contribution is -0.128. The fourth-order valence-electron chi connectivity index (χ4n) is 3.29. The maximum absolute atomic E-state index is 12.6. The summed E-state index contributed by atoms with van der Waals surface area (Å²) in [6.45, 7) is 6.80. The number of rotatable bonds is 7. The molecule has 5 heteroatoms. The van der Waals surface area contributed by atoms with Crippen LogP contribution < -0.4 is 10.6 Å². The van der Waals surface area contributed by atoms with Gasteiger partial charge in [-0.1, -0.05) is 48.9 Å². The van der Waals surface area contributed by atoms with Crippen LogP contribution in [0.25, 0.3) is 0 Å². The molecule has 2 N–H and O–H groups in total. The van der Waals surface area contributed by atoms with Crippen LogP contribution in [0.4, 0.5) is 5.69 Å². The van der Waals surface area contributed by atoms with E-state index in [2.05, 4.69) is 17.6 Å². The first-order chi connectivity index (χ1) is 13.0. The van der Waals surface area contributed by atoms with E-state index in [1.807, 2.05) is 55.5 Å². The van der Waals surface area contributed by atoms with Gasteiger partial charge < -0.3 is 15.5 Å². The van der Waals surface area contributed by atoms with Crippen molar-refractivity contribution in [2.75, 3.05) is 18.4 Å². The van der Waals surface area contributed by atoms with Crippen LogP contribution in [0.2, 0.25) is 0 Å². The van der Waals surface area contributed by atoms with Crippen molar-refractivity contribution in [3.8, 4) is 0 Å². The van der Waals surface area contributed by atoms with Crippen molar-refractivity contribution in [2.24, 2.45) is 5.92 Å². The van der Waals surface area contributed by atoms with Gasteiger partial charge >= 0.3 is 0 Å². The summed E-state index contributed by atoms with van der Waals surface area (Å²) < 4.78 is 0. The summed E-state index contributed by atoms with van der Waals surface area (Å²) in [6.07, 6.45) is 0.273. The molecule has 3 rings (SSSR count). The molecule has 1 aliphatic heterocycles. The van der Waals surface area contributed by atoms with Gasteiger partial charge in [-0.3, -0.25) is 9.59 Å². The zero-order valence-corrected chi connectivity index (χ0v) is 16.0. The zero-order chi connectivity index (χ0) is 19.2. The van der Waals surface area contributed by atoms with Gasteiger partial charge in [0.15, 0.2) is 0 Å². The van der Waals surface area contributed by atoms with Gasteiger partial charge in [0.25, 0.3) is 0 Å². The van der Waals surface area contributed by atoms with E-state index < -0.39 is 0 Å². The van der Waals surface area contributed by atoms with Crippen molar-refractivity contribution in [3.63, 3.8) is 0 Å². The number of anilines is 1. The molecule has 1 atom stereocenters. The Morgan fingerprint density at radius 3 is 2.67 bits per heavy atom. The second-order valence-electron chi connectivity index (χ2n) is 7.13. The van der Waals surface area contributed by atoms with Crippen molar-refractivity contribution in [1.82, 2.24) is 10.2 Å². The third-order valence-electron chi connectivity index (χ3n) is 4.85. The van der Waals surface area contributed by atoms with Crippen LogP contribution in [0.5, 0.6) is 0 Å². The quantitative estimate of drug-likeness (QED) is 0.793. The smallest absolute Gasteiger partial charge is 0.229 e. The lowest BCUT2D eigenvalue weighted by Gasteiger charge is -2.17. The Hall–Kier alpha value is -2.66. The lowest BCUT2D eigenvalue weighted by atomic mass is 10.1. The van der Waals surface area contributed by atoms with Crippen LogP contribution in [-0.2, 0) is 22.7 Å². The summed E-state index contributed by atoms with van der Waals surface area (Å²) in [4.78, 5) is 26.7. The molecule has 2 amide bonds. The molecule has 2 aromatic rings. The Bertz CT molecular complexity index is 801. The number of carbonyl (C=O) groups excluding carboxylic acids is 2. The van der Waals surface area contributed by atoms with Crippen molar-refractivity contribution in [2.45, 2.75) is 33.4 Å². The molecule has 2 aromatic carbocycles. The topological polar surface area (TPSA) is 61.4 Å². The van der Waals surface area contributed by atoms with E-state index in [0.717, 1.165) is 29.9 Å². The number of carbonyl (C=O) groups is 2. The van der Waals surface area contributed by atoms with Gasteiger partial charge in [-0.25, -0.2) is 0 Å². The third-order valence-corrected chi connectivity index (χ3v) is 4.85. The van der Waals surface area contributed by atoms with E-state index in [-0.39, 0.29) is 24.2 Å². The average molecular weight is 365 g/mol. The molecule has 1 fully saturated rings. The lowest BCUT2D eigenvalue weighted by Crippen LogP contribution is -2.28. The minimum absolute atomic E-state index is 0.0385. The second-order valence-corrected chi connectivity index (χ2v) is 7.13. The molecule has 1 heterocycles. The van der Waals surface area contributed by atoms with Crippen LogP contribution >= 0.6 is 0 Å². The molecule has 27 heavy (non-hydrogen) atoms. The van der Waals surface area contributed by atoms with Gasteiger partial charge in [0.2, 0.25) is 11.8 Å². The molecule has 0 spiro atoms. The van der Waals surface area contributed by atoms with Crippen LogP contribution in [-0.4, -0.2) is 29.8 Å². The van der Waals surface area contributed by atoms with E-state index in [0.29, 0.717) is 13.1 Å². The van der Waals surface area contributed by atoms with E-state index in [9.17, 15) is 9.59 Å². The van der Waals surface area contributed by atoms with E-state index in [1.54, 1.807) is 4.90 Å². The highest BCUT2D eigenvalue weighted by Gasteiger charge is 2.34. The number of nitrogens with one attached hydrogen (secondary N) is 2. The SMILES string of the molecule is CCNCc1cccc(NC(=O)C2CC(=O)N(Cc3ccc(C)cc3)C2)c1. The standard InChI is InChI=1S/C22H27N3O2/c1-3-23-13-18-5-4-6-20(11-18)24-22(27)19-12-21(26)25(15-19)14-17-9-7-16(2)8-10-17/h4-11,19,23H,3,12-15H2,1-2H3,(H,24,27). The molecular formula is C22H27N3O2. The molecule has 0 radical (unpaired) electrons. The fourth-order valence-corrected chi connectivity index (χ4v) is 3.29. The molecule has 5 nitrogen and oxygen atoms in total. The molecule has 1 aliphatic rings. The molecule has 0 saturated carbocycles. The first-order valence-electron chi connectivity index (χ1n) is 9.49. The van der Waals surface area contributed by atoms with E-state index >= 15 is 0 Å². The highest BCUT2D eigenvalue weighted by Crippen LogP contribution is 2.22. The van der Waals surface area contributed by atoms with Gasteiger partial charge in [0.05, 0.1) is 5.92 Å². The van der Waals surface area contributed by atoms with E-state index in [1.165, 1.54) is 5.56 Å². The van der Waals surface area contributed by atoms with Crippen LogP contribution in [0.1, 0.15) is 30.0 Å². The molecule has 1 unspecified atom stereocenters. The van der Waals surface area contributed by atoms with Gasteiger partial charge in [0, 0.05) is 31.7 Å². The van der Waals surface area contributed by atoms with Crippen molar-refractivity contribution in [3.05, 3.63) is 65.2 Å². The van der Waals surface area contributed by atoms with Gasteiger partial charge in [0.1, 0.15) is 0 Å². The summed E-state index contributed by atoms with van der Waals surface area (Å²) in [5, 5.41) is 6.24. The monoisotopic (exact) mass is 365 g/mol. The Morgan fingerprint density at radius 2 is 1.93 bits per heavy atom. The van der Waals surface area contributed by atoms with Gasteiger partial charge in [-0.2, -0.15) is 0 Å². The number of likely N-dealkylation sites (tertiary alicyclic amines) is 1. The number of aryl methyl sites for hydroxylation is 1. The molecule has 0 aliphatic carbocycles. The van der Waals surface area contributed by atoms with Crippen LogP contribution in [0.3, 0.4) is 0 Å². The van der Waals surface area contributed by atoms with Gasteiger partial charge in [-0.15, -0.1) is 0 Å². The van der Waals surface area contributed by atoms with Crippen molar-refractivity contribution in [1.29, 1.82) is 0 Å². The molecule has 0 bridgehead atoms. The Balaban J connectivity index is 1.58. The zero-order valence-electron chi connectivity index (χ0n) is 16.0. The molecule has 142 valence electrons. The first-order valence-corrected chi connectivity index (χ1v) is 9.49. The Labute approximate surface area is 160 Å². The predicted octanol–water partition coefficient (Wildman–Crippen LogP) is 3.09. The summed E-state index contributed by atoms with van der Waals surface area (Å²) in [5.74, 6) is -0.354. The highest BCUT2D eigenvalue weighted by molar-refractivity contribution is 5.97.